The first-order valence-electron chi connectivity index (χ1n) is 30.0. The number of hydrogen-bond acceptors (Lipinski definition) is 14. The molecular formula is C66H78N8O12. The van der Waals surface area contributed by atoms with E-state index in [0.717, 1.165) is 69.5 Å². The molecule has 0 bridgehead atoms. The minimum absolute atomic E-state index is 0.0139. The van der Waals surface area contributed by atoms with Crippen LogP contribution in [0.3, 0.4) is 0 Å². The third-order valence-electron chi connectivity index (χ3n) is 16.5. The molecule has 0 radical (unpaired) electrons. The Hall–Kier alpha value is -8.94. The summed E-state index contributed by atoms with van der Waals surface area (Å²) >= 11 is 0. The molecule has 0 unspecified atom stereocenters. The molecule has 0 saturated carbocycles. The standard InChI is InChI=1S/C66H78N8O12/c1-7-9-11-21-37-69-59(75)51(31-35-57-65(3,4)53-45-47(73(81)82)29-33-55(53)67(57)41-43-85-49-25-17-15-18-26-49)61(77)71(63(69)79)39-23-13-14-24-40-72-62(78)52(60(76)70(64(72)80)38-22-12-10-8-2)32-36-58-66(5,6)54-46-48(74(83)84)30-34-56(54)68(58)42-44-86-50-27-19-16-20-28-50/h15-20,25-36,45-46H,7-14,21-24,37-44H2,1-6H3/b51-31-,52-32+,57-35+,58-36-. The van der Waals surface area contributed by atoms with Crippen molar-refractivity contribution in [2.45, 2.75) is 129 Å². The molecule has 4 aliphatic rings. The quantitative estimate of drug-likeness (QED) is 0.0162. The molecule has 20 nitrogen and oxygen atoms in total. The first kappa shape index (κ1) is 63.1. The SMILES string of the molecule is CCCCCCN1C(=O)/C(=C/C=C2/N(CCOc3ccccc3)c3ccc([N+](=O)[O-])cc3C2(C)C)C(=O)N(CCCCCCN2C(=O)/C(=C/C=C3\N(CCOc4ccccc4)c4ccc([N+](=O)[O-])cc4C3(C)C)C(=O)N(CCCCCC)C2=O)C1=O. The molecule has 4 heterocycles. The van der Waals surface area contributed by atoms with E-state index in [-0.39, 0.29) is 61.9 Å². The van der Waals surface area contributed by atoms with Crippen molar-refractivity contribution in [3.05, 3.63) is 175 Å². The Labute approximate surface area is 502 Å². The molecule has 4 aromatic carbocycles. The predicted octanol–water partition coefficient (Wildman–Crippen LogP) is 12.5. The lowest BCUT2D eigenvalue weighted by Crippen LogP contribution is -2.56. The molecule has 4 aliphatic heterocycles. The molecule has 8 rings (SSSR count). The Morgan fingerprint density at radius 1 is 0.419 bits per heavy atom. The zero-order valence-corrected chi connectivity index (χ0v) is 50.2. The molecular weight excluding hydrogens is 1100 g/mol. The minimum atomic E-state index is -0.821. The van der Waals surface area contributed by atoms with Crippen molar-refractivity contribution in [1.29, 1.82) is 0 Å². The van der Waals surface area contributed by atoms with E-state index in [4.69, 9.17) is 9.47 Å². The van der Waals surface area contributed by atoms with E-state index in [0.29, 0.717) is 85.6 Å². The summed E-state index contributed by atoms with van der Waals surface area (Å²) in [5, 5.41) is 23.9. The van der Waals surface area contributed by atoms with Crippen LogP contribution in [0.15, 0.2) is 144 Å². The van der Waals surface area contributed by atoms with Gasteiger partial charge < -0.3 is 19.3 Å². The Morgan fingerprint density at radius 3 is 1.06 bits per heavy atom. The van der Waals surface area contributed by atoms with Gasteiger partial charge in [-0.1, -0.05) is 129 Å². The lowest BCUT2D eigenvalue weighted by molar-refractivity contribution is -0.385. The second-order valence-corrected chi connectivity index (χ2v) is 23.0. The van der Waals surface area contributed by atoms with Crippen molar-refractivity contribution in [2.24, 2.45) is 0 Å². The van der Waals surface area contributed by atoms with E-state index in [9.17, 15) is 49.0 Å². The molecule has 0 spiro atoms. The van der Waals surface area contributed by atoms with Gasteiger partial charge in [-0.15, -0.1) is 0 Å². The highest BCUT2D eigenvalue weighted by molar-refractivity contribution is 6.29. The zero-order valence-electron chi connectivity index (χ0n) is 50.2. The van der Waals surface area contributed by atoms with Crippen LogP contribution >= 0.6 is 0 Å². The van der Waals surface area contributed by atoms with E-state index >= 15 is 0 Å². The Balaban J connectivity index is 0.993. The average Bonchev–Trinajstić information content (AvgIpc) is 1.62. The maximum atomic E-state index is 14.5. The number of carbonyl (C=O) groups is 6. The topological polar surface area (TPSA) is 227 Å². The Kier molecular flexibility index (Phi) is 20.8. The highest BCUT2D eigenvalue weighted by Crippen LogP contribution is 2.50. The number of non-ortho nitro benzene ring substituents is 2. The summed E-state index contributed by atoms with van der Waals surface area (Å²) in [5.41, 5.74) is 1.94. The van der Waals surface area contributed by atoms with Gasteiger partial charge in [-0.05, 0) is 97.5 Å². The number of nitro benzene ring substituents is 2. The van der Waals surface area contributed by atoms with Crippen molar-refractivity contribution in [3.63, 3.8) is 0 Å². The third kappa shape index (κ3) is 13.9. The van der Waals surface area contributed by atoms with Gasteiger partial charge >= 0.3 is 12.1 Å². The van der Waals surface area contributed by atoms with Gasteiger partial charge in [0.15, 0.2) is 0 Å². The maximum Gasteiger partial charge on any atom is 0.333 e. The van der Waals surface area contributed by atoms with E-state index in [1.807, 2.05) is 98.2 Å². The van der Waals surface area contributed by atoms with Crippen LogP contribution in [0.1, 0.15) is 130 Å². The monoisotopic (exact) mass is 1170 g/mol. The lowest BCUT2D eigenvalue weighted by atomic mass is 9.83. The molecule has 2 saturated heterocycles. The number of benzene rings is 4. The van der Waals surface area contributed by atoms with Crippen LogP contribution < -0.4 is 19.3 Å². The number of carbonyl (C=O) groups excluding carboxylic acids is 6. The second kappa shape index (κ2) is 28.3. The van der Waals surface area contributed by atoms with Gasteiger partial charge in [-0.2, -0.15) is 0 Å². The zero-order chi connectivity index (χ0) is 61.7. The highest BCUT2D eigenvalue weighted by Gasteiger charge is 2.46. The number of fused-ring (bicyclic) bond motifs is 2. The fraction of sp³-hybridized carbons (Fsp3) is 0.424. The van der Waals surface area contributed by atoms with Crippen molar-refractivity contribution in [1.82, 2.24) is 19.6 Å². The Bertz CT molecular complexity index is 3120. The second-order valence-electron chi connectivity index (χ2n) is 23.0. The molecule has 20 heteroatoms. The van der Waals surface area contributed by atoms with Crippen LogP contribution in [-0.4, -0.2) is 118 Å². The molecule has 86 heavy (non-hydrogen) atoms. The van der Waals surface area contributed by atoms with Crippen LogP contribution in [0.4, 0.5) is 32.3 Å². The first-order chi connectivity index (χ1) is 41.3. The molecule has 4 aromatic rings. The molecule has 8 amide bonds. The van der Waals surface area contributed by atoms with Crippen LogP contribution in [0, 0.1) is 20.2 Å². The fourth-order valence-corrected chi connectivity index (χ4v) is 11.7. The smallest absolute Gasteiger partial charge is 0.333 e. The molecule has 0 aliphatic carbocycles. The van der Waals surface area contributed by atoms with Gasteiger partial charge in [0.1, 0.15) is 35.9 Å². The number of para-hydroxylation sites is 2. The largest absolute Gasteiger partial charge is 0.492 e. The molecule has 0 N–H and O–H groups in total. The number of allylic oxidation sites excluding steroid dienone is 6. The number of ether oxygens (including phenoxy) is 2. The Morgan fingerprint density at radius 2 is 0.744 bits per heavy atom. The highest BCUT2D eigenvalue weighted by atomic mass is 16.6. The summed E-state index contributed by atoms with van der Waals surface area (Å²) in [7, 11) is 0. The van der Waals surface area contributed by atoms with E-state index in [1.165, 1.54) is 24.3 Å². The van der Waals surface area contributed by atoms with E-state index in [2.05, 4.69) is 13.8 Å². The van der Waals surface area contributed by atoms with Gasteiger partial charge in [-0.25, -0.2) is 9.59 Å². The van der Waals surface area contributed by atoms with Gasteiger partial charge in [0.25, 0.3) is 35.0 Å². The summed E-state index contributed by atoms with van der Waals surface area (Å²) in [4.78, 5) is 117. The van der Waals surface area contributed by atoms with Crippen LogP contribution in [-0.2, 0) is 30.0 Å². The van der Waals surface area contributed by atoms with Crippen molar-refractivity contribution < 1.29 is 48.1 Å². The maximum absolute atomic E-state index is 14.5. The number of anilines is 2. The van der Waals surface area contributed by atoms with Gasteiger partial charge in [-0.3, -0.25) is 59.0 Å². The number of barbiturate groups is 2. The lowest BCUT2D eigenvalue weighted by Gasteiger charge is -2.34. The van der Waals surface area contributed by atoms with Gasteiger partial charge in [0, 0.05) is 84.0 Å². The summed E-state index contributed by atoms with van der Waals surface area (Å²) in [6, 6.07) is 26.5. The summed E-state index contributed by atoms with van der Waals surface area (Å²) in [6.45, 7) is 13.1. The summed E-state index contributed by atoms with van der Waals surface area (Å²) in [6.07, 6.45) is 14.2. The van der Waals surface area contributed by atoms with Gasteiger partial charge in [0.2, 0.25) is 0 Å². The molecule has 454 valence electrons. The van der Waals surface area contributed by atoms with Crippen molar-refractivity contribution in [2.75, 3.05) is 62.3 Å². The number of nitrogens with zero attached hydrogens (tertiary/aromatic N) is 8. The number of nitro groups is 2. The number of amides is 8. The average molecular weight is 1180 g/mol. The predicted molar refractivity (Wildman–Crippen MR) is 328 cm³/mol. The van der Waals surface area contributed by atoms with Crippen molar-refractivity contribution >= 4 is 58.4 Å². The van der Waals surface area contributed by atoms with Gasteiger partial charge in [0.05, 0.1) is 22.9 Å². The number of hydrogen-bond donors (Lipinski definition) is 0. The van der Waals surface area contributed by atoms with Crippen LogP contribution in [0.2, 0.25) is 0 Å². The van der Waals surface area contributed by atoms with Crippen LogP contribution in [0.25, 0.3) is 0 Å². The number of unbranched alkanes of at least 4 members (excludes halogenated alkanes) is 9. The summed E-state index contributed by atoms with van der Waals surface area (Å²) < 4.78 is 12.1. The van der Waals surface area contributed by atoms with Crippen LogP contribution in [0.5, 0.6) is 11.5 Å². The number of imide groups is 4. The van der Waals surface area contributed by atoms with E-state index in [1.54, 1.807) is 36.4 Å². The number of rotatable bonds is 29. The summed E-state index contributed by atoms with van der Waals surface area (Å²) in [5.74, 6) is -1.59. The molecule has 0 aromatic heterocycles. The van der Waals surface area contributed by atoms with Crippen molar-refractivity contribution in [3.8, 4) is 11.5 Å². The minimum Gasteiger partial charge on any atom is -0.492 e. The molecule has 2 fully saturated rings. The first-order valence-corrected chi connectivity index (χ1v) is 30.0. The van der Waals surface area contributed by atoms with E-state index < -0.39 is 56.4 Å². The third-order valence-corrected chi connectivity index (χ3v) is 16.5. The molecule has 0 atom stereocenters. The number of urea groups is 2. The fourth-order valence-electron chi connectivity index (χ4n) is 11.7. The normalized spacial score (nSPS) is 18.3.